The van der Waals surface area contributed by atoms with Crippen LogP contribution in [0.15, 0.2) is 23.3 Å². The van der Waals surface area contributed by atoms with Crippen LogP contribution in [-0.2, 0) is 11.2 Å². The molecule has 0 bridgehead atoms. The average molecular weight is 193 g/mol. The van der Waals surface area contributed by atoms with Gasteiger partial charge in [-0.25, -0.2) is 4.52 Å². The van der Waals surface area contributed by atoms with E-state index in [1.807, 2.05) is 0 Å². The van der Waals surface area contributed by atoms with Crippen LogP contribution >= 0.6 is 0 Å². The van der Waals surface area contributed by atoms with Crippen molar-refractivity contribution in [1.29, 1.82) is 0 Å². The predicted molar refractivity (Wildman–Crippen MR) is 47.2 cm³/mol. The first-order chi connectivity index (χ1) is 6.66. The highest BCUT2D eigenvalue weighted by molar-refractivity contribution is 5.69. The summed E-state index contributed by atoms with van der Waals surface area (Å²) in [7, 11) is 0. The molecule has 0 saturated heterocycles. The van der Waals surface area contributed by atoms with Crippen LogP contribution < -0.4 is 5.56 Å². The van der Waals surface area contributed by atoms with Crippen LogP contribution in [0.3, 0.4) is 0 Å². The number of nitrogens with one attached hydrogen (secondary N) is 1. The first-order valence-electron chi connectivity index (χ1n) is 3.94. The van der Waals surface area contributed by atoms with E-state index in [2.05, 4.69) is 10.1 Å². The number of carboxylic acids is 1. The molecule has 0 spiro atoms. The Hall–Kier alpha value is -2.11. The van der Waals surface area contributed by atoms with Crippen molar-refractivity contribution in [3.8, 4) is 0 Å². The van der Waals surface area contributed by atoms with E-state index in [0.29, 0.717) is 5.65 Å². The highest BCUT2D eigenvalue weighted by Crippen LogP contribution is 1.97. The van der Waals surface area contributed by atoms with Gasteiger partial charge >= 0.3 is 5.97 Å². The molecule has 0 atom stereocenters. The van der Waals surface area contributed by atoms with Gasteiger partial charge in [0.1, 0.15) is 5.65 Å². The number of aromatic amines is 1. The smallest absolute Gasteiger partial charge is 0.308 e. The highest BCUT2D eigenvalue weighted by atomic mass is 16.4. The number of nitrogens with zero attached hydrogens (tertiary/aromatic N) is 2. The van der Waals surface area contributed by atoms with Crippen molar-refractivity contribution in [1.82, 2.24) is 14.6 Å². The summed E-state index contributed by atoms with van der Waals surface area (Å²) in [5.41, 5.74) is 0.346. The van der Waals surface area contributed by atoms with Gasteiger partial charge in [-0.2, -0.15) is 5.10 Å². The zero-order valence-corrected chi connectivity index (χ0v) is 7.10. The van der Waals surface area contributed by atoms with Crippen molar-refractivity contribution < 1.29 is 9.90 Å². The SMILES string of the molecule is O=C(O)Cc1cn2nccc2[nH]c1=O. The lowest BCUT2D eigenvalue weighted by Crippen LogP contribution is -2.17. The van der Waals surface area contributed by atoms with Crippen LogP contribution in [0, 0.1) is 0 Å². The van der Waals surface area contributed by atoms with Crippen LogP contribution in [0.5, 0.6) is 0 Å². The molecule has 0 amide bonds. The molecule has 0 unspecified atom stereocenters. The van der Waals surface area contributed by atoms with Crippen molar-refractivity contribution in [2.45, 2.75) is 6.42 Å². The number of rotatable bonds is 2. The summed E-state index contributed by atoms with van der Waals surface area (Å²) in [5.74, 6) is -1.04. The van der Waals surface area contributed by atoms with Gasteiger partial charge in [-0.3, -0.25) is 9.59 Å². The molecule has 72 valence electrons. The van der Waals surface area contributed by atoms with Gasteiger partial charge in [0, 0.05) is 17.8 Å². The number of H-pyrrole nitrogens is 1. The van der Waals surface area contributed by atoms with E-state index in [9.17, 15) is 9.59 Å². The topological polar surface area (TPSA) is 87.5 Å². The molecule has 0 saturated carbocycles. The Labute approximate surface area is 77.8 Å². The lowest BCUT2D eigenvalue weighted by Gasteiger charge is -1.97. The molecule has 2 aromatic rings. The van der Waals surface area contributed by atoms with Gasteiger partial charge in [-0.1, -0.05) is 0 Å². The Morgan fingerprint density at radius 2 is 2.43 bits per heavy atom. The van der Waals surface area contributed by atoms with Crippen molar-refractivity contribution in [3.05, 3.63) is 34.4 Å². The Morgan fingerprint density at radius 1 is 1.64 bits per heavy atom. The molecule has 0 fully saturated rings. The molecule has 0 aliphatic rings. The van der Waals surface area contributed by atoms with Crippen LogP contribution in [0.1, 0.15) is 5.56 Å². The molecule has 0 radical (unpaired) electrons. The van der Waals surface area contributed by atoms with Crippen molar-refractivity contribution in [2.75, 3.05) is 0 Å². The molecule has 6 nitrogen and oxygen atoms in total. The molecule has 2 heterocycles. The van der Waals surface area contributed by atoms with Crippen molar-refractivity contribution in [2.24, 2.45) is 0 Å². The minimum absolute atomic E-state index is 0.189. The summed E-state index contributed by atoms with van der Waals surface area (Å²) < 4.78 is 1.43. The monoisotopic (exact) mass is 193 g/mol. The lowest BCUT2D eigenvalue weighted by atomic mass is 10.2. The minimum atomic E-state index is -1.04. The molecule has 6 heteroatoms. The number of hydrogen-bond acceptors (Lipinski definition) is 3. The van der Waals surface area contributed by atoms with Gasteiger partial charge in [-0.15, -0.1) is 0 Å². The quantitative estimate of drug-likeness (QED) is 0.682. The molecule has 0 aliphatic carbocycles. The zero-order chi connectivity index (χ0) is 10.1. The van der Waals surface area contributed by atoms with Crippen LogP contribution in [-0.4, -0.2) is 25.7 Å². The lowest BCUT2D eigenvalue weighted by molar-refractivity contribution is -0.136. The maximum Gasteiger partial charge on any atom is 0.308 e. The molecule has 0 aliphatic heterocycles. The molecular formula is C8H7N3O3. The fourth-order valence-corrected chi connectivity index (χ4v) is 1.21. The van der Waals surface area contributed by atoms with Crippen LogP contribution in [0.25, 0.3) is 5.65 Å². The Bertz CT molecular complexity index is 540. The van der Waals surface area contributed by atoms with E-state index in [1.54, 1.807) is 6.07 Å². The number of aliphatic carboxylic acids is 1. The standard InChI is InChI=1S/C8H7N3O3/c12-7(13)3-5-4-11-6(1-2-9-11)10-8(5)14/h1-2,4H,3H2,(H,10,14)(H,12,13). The summed E-state index contributed by atoms with van der Waals surface area (Å²) in [6, 6.07) is 1.63. The molecule has 2 aromatic heterocycles. The van der Waals surface area contributed by atoms with E-state index >= 15 is 0 Å². The van der Waals surface area contributed by atoms with Crippen LogP contribution in [0.4, 0.5) is 0 Å². The highest BCUT2D eigenvalue weighted by Gasteiger charge is 2.06. The summed E-state index contributed by atoms with van der Waals surface area (Å²) in [4.78, 5) is 24.2. The number of carboxylic acid groups (broad SMARTS) is 1. The summed E-state index contributed by atoms with van der Waals surface area (Å²) in [6.07, 6.45) is 2.64. The zero-order valence-electron chi connectivity index (χ0n) is 7.10. The summed E-state index contributed by atoms with van der Waals surface area (Å²) >= 11 is 0. The van der Waals surface area contributed by atoms with Gasteiger partial charge < -0.3 is 10.1 Å². The van der Waals surface area contributed by atoms with Gasteiger partial charge in [0.2, 0.25) is 0 Å². The fourth-order valence-electron chi connectivity index (χ4n) is 1.21. The van der Waals surface area contributed by atoms with Crippen LogP contribution in [0.2, 0.25) is 0 Å². The first-order valence-corrected chi connectivity index (χ1v) is 3.94. The second-order valence-corrected chi connectivity index (χ2v) is 2.84. The molecule has 14 heavy (non-hydrogen) atoms. The Morgan fingerprint density at radius 3 is 3.14 bits per heavy atom. The van der Waals surface area contributed by atoms with Crippen molar-refractivity contribution >= 4 is 11.6 Å². The molecular weight excluding hydrogens is 186 g/mol. The maximum atomic E-state index is 11.3. The van der Waals surface area contributed by atoms with Gasteiger partial charge in [-0.05, 0) is 0 Å². The third-order valence-corrected chi connectivity index (χ3v) is 1.82. The second kappa shape index (κ2) is 2.99. The van der Waals surface area contributed by atoms with Gasteiger partial charge in [0.25, 0.3) is 5.56 Å². The molecule has 2 rings (SSSR count). The largest absolute Gasteiger partial charge is 0.481 e. The average Bonchev–Trinajstić information content (AvgIpc) is 2.51. The normalized spacial score (nSPS) is 10.6. The van der Waals surface area contributed by atoms with Crippen molar-refractivity contribution in [3.63, 3.8) is 0 Å². The van der Waals surface area contributed by atoms with E-state index < -0.39 is 5.97 Å². The Balaban J connectivity index is 2.59. The number of hydrogen-bond donors (Lipinski definition) is 2. The summed E-state index contributed by atoms with van der Waals surface area (Å²) in [5, 5.41) is 12.4. The van der Waals surface area contributed by atoms with E-state index in [1.165, 1.54) is 16.9 Å². The first kappa shape index (κ1) is 8.49. The molecule has 0 aromatic carbocycles. The number of fused-ring (bicyclic) bond motifs is 1. The number of carbonyl (C=O) groups is 1. The fraction of sp³-hybridized carbons (Fsp3) is 0.125. The third-order valence-electron chi connectivity index (χ3n) is 1.82. The maximum absolute atomic E-state index is 11.3. The summed E-state index contributed by atoms with van der Waals surface area (Å²) in [6.45, 7) is 0. The van der Waals surface area contributed by atoms with E-state index in [4.69, 9.17) is 5.11 Å². The molecule has 2 N–H and O–H groups in total. The van der Waals surface area contributed by atoms with E-state index in [0.717, 1.165) is 0 Å². The Kier molecular flexibility index (Phi) is 1.81. The van der Waals surface area contributed by atoms with Gasteiger partial charge in [0.15, 0.2) is 0 Å². The second-order valence-electron chi connectivity index (χ2n) is 2.84. The number of aromatic nitrogens is 3. The predicted octanol–water partition coefficient (Wildman–Crippen LogP) is -0.350. The third kappa shape index (κ3) is 1.37. The van der Waals surface area contributed by atoms with E-state index in [-0.39, 0.29) is 17.5 Å². The van der Waals surface area contributed by atoms with Gasteiger partial charge in [0.05, 0.1) is 12.6 Å². The minimum Gasteiger partial charge on any atom is -0.481 e.